The summed E-state index contributed by atoms with van der Waals surface area (Å²) in [6.45, 7) is 3.66. The Morgan fingerprint density at radius 3 is 2.29 bits per heavy atom. The van der Waals surface area contributed by atoms with E-state index in [1.165, 1.54) is 0 Å². The maximum atomic E-state index is 11.8. The summed E-state index contributed by atoms with van der Waals surface area (Å²) in [5.41, 5.74) is 5.71. The van der Waals surface area contributed by atoms with E-state index < -0.39 is 17.9 Å². The molecule has 0 aromatic heterocycles. The maximum Gasteiger partial charge on any atom is 0.251 e. The molecule has 1 unspecified atom stereocenters. The van der Waals surface area contributed by atoms with Gasteiger partial charge in [-0.25, -0.2) is 0 Å². The van der Waals surface area contributed by atoms with Gasteiger partial charge in [-0.2, -0.15) is 0 Å². The fourth-order valence-electron chi connectivity index (χ4n) is 1.82. The molecule has 1 atom stereocenters. The van der Waals surface area contributed by atoms with E-state index in [2.05, 4.69) is 10.6 Å². The Bertz CT molecular complexity index is 500. The first-order valence-corrected chi connectivity index (χ1v) is 6.82. The molecule has 0 saturated carbocycles. The van der Waals surface area contributed by atoms with Crippen LogP contribution in [0.3, 0.4) is 0 Å². The Morgan fingerprint density at radius 1 is 1.14 bits per heavy atom. The van der Waals surface area contributed by atoms with Crippen LogP contribution in [0.4, 0.5) is 0 Å². The topological polar surface area (TPSA) is 101 Å². The minimum Gasteiger partial charge on any atom is -0.368 e. The van der Waals surface area contributed by atoms with Crippen molar-refractivity contribution in [1.82, 2.24) is 10.6 Å². The van der Waals surface area contributed by atoms with Gasteiger partial charge in [0.05, 0.1) is 6.54 Å². The van der Waals surface area contributed by atoms with Crippen LogP contribution in [0.15, 0.2) is 30.3 Å². The lowest BCUT2D eigenvalue weighted by Crippen LogP contribution is -2.48. The van der Waals surface area contributed by atoms with E-state index in [0.717, 1.165) is 0 Å². The molecule has 0 heterocycles. The Hall–Kier alpha value is -2.37. The number of hydrogen-bond acceptors (Lipinski definition) is 3. The van der Waals surface area contributed by atoms with Crippen molar-refractivity contribution in [1.29, 1.82) is 0 Å². The van der Waals surface area contributed by atoms with Gasteiger partial charge in [0.15, 0.2) is 0 Å². The standard InChI is InChI=1S/C15H21N3O3/c1-10(2)8-12(14(16)20)18-13(19)9-17-15(21)11-6-4-3-5-7-11/h3-7,10,12H,8-9H2,1-2H3,(H2,16,20)(H,17,21)(H,18,19). The molecule has 1 aromatic rings. The Kier molecular flexibility index (Phi) is 6.39. The third-order valence-corrected chi connectivity index (χ3v) is 2.83. The van der Waals surface area contributed by atoms with E-state index in [-0.39, 0.29) is 18.4 Å². The molecule has 0 fully saturated rings. The summed E-state index contributed by atoms with van der Waals surface area (Å²) in [7, 11) is 0. The highest BCUT2D eigenvalue weighted by Crippen LogP contribution is 2.04. The van der Waals surface area contributed by atoms with Gasteiger partial charge in [-0.1, -0.05) is 32.0 Å². The van der Waals surface area contributed by atoms with Crippen molar-refractivity contribution in [3.05, 3.63) is 35.9 Å². The molecule has 0 spiro atoms. The third-order valence-electron chi connectivity index (χ3n) is 2.83. The molecule has 1 aromatic carbocycles. The second kappa shape index (κ2) is 8.04. The van der Waals surface area contributed by atoms with Crippen molar-refractivity contribution in [2.45, 2.75) is 26.3 Å². The van der Waals surface area contributed by atoms with Crippen molar-refractivity contribution in [2.75, 3.05) is 6.54 Å². The second-order valence-electron chi connectivity index (χ2n) is 5.20. The highest BCUT2D eigenvalue weighted by atomic mass is 16.2. The van der Waals surface area contributed by atoms with Gasteiger partial charge >= 0.3 is 0 Å². The summed E-state index contributed by atoms with van der Waals surface area (Å²) in [4.78, 5) is 34.8. The summed E-state index contributed by atoms with van der Waals surface area (Å²) >= 11 is 0. The van der Waals surface area contributed by atoms with Crippen LogP contribution >= 0.6 is 0 Å². The largest absolute Gasteiger partial charge is 0.368 e. The lowest BCUT2D eigenvalue weighted by atomic mass is 10.0. The molecule has 0 saturated heterocycles. The molecular formula is C15H21N3O3. The summed E-state index contributed by atoms with van der Waals surface area (Å²) in [6, 6.07) is 7.86. The Balaban J connectivity index is 2.46. The van der Waals surface area contributed by atoms with E-state index in [4.69, 9.17) is 5.73 Å². The Morgan fingerprint density at radius 2 is 1.76 bits per heavy atom. The average Bonchev–Trinajstić information content (AvgIpc) is 2.44. The van der Waals surface area contributed by atoms with Crippen LogP contribution in [-0.2, 0) is 9.59 Å². The number of carbonyl (C=O) groups is 3. The van der Waals surface area contributed by atoms with Crippen LogP contribution in [0.25, 0.3) is 0 Å². The van der Waals surface area contributed by atoms with Gasteiger partial charge in [0.2, 0.25) is 11.8 Å². The fraction of sp³-hybridized carbons (Fsp3) is 0.400. The van der Waals surface area contributed by atoms with Crippen molar-refractivity contribution < 1.29 is 14.4 Å². The van der Waals surface area contributed by atoms with Crippen molar-refractivity contribution in [3.8, 4) is 0 Å². The van der Waals surface area contributed by atoms with Gasteiger partial charge in [-0.3, -0.25) is 14.4 Å². The molecule has 114 valence electrons. The van der Waals surface area contributed by atoms with Gasteiger partial charge < -0.3 is 16.4 Å². The van der Waals surface area contributed by atoms with Crippen molar-refractivity contribution >= 4 is 17.7 Å². The quantitative estimate of drug-likeness (QED) is 0.679. The molecule has 0 aliphatic heterocycles. The normalized spacial score (nSPS) is 11.8. The monoisotopic (exact) mass is 291 g/mol. The van der Waals surface area contributed by atoms with Crippen molar-refractivity contribution in [2.24, 2.45) is 11.7 Å². The van der Waals surface area contributed by atoms with E-state index in [1.54, 1.807) is 30.3 Å². The van der Waals surface area contributed by atoms with Gasteiger partial charge in [0.25, 0.3) is 5.91 Å². The number of carbonyl (C=O) groups excluding carboxylic acids is 3. The van der Waals surface area contributed by atoms with E-state index in [1.807, 2.05) is 13.8 Å². The van der Waals surface area contributed by atoms with E-state index in [9.17, 15) is 14.4 Å². The van der Waals surface area contributed by atoms with Crippen LogP contribution in [0.5, 0.6) is 0 Å². The number of benzene rings is 1. The molecule has 1 rings (SSSR count). The van der Waals surface area contributed by atoms with Crippen LogP contribution in [0.2, 0.25) is 0 Å². The Labute approximate surface area is 124 Å². The molecule has 0 aliphatic rings. The van der Waals surface area contributed by atoms with Crippen LogP contribution in [0, 0.1) is 5.92 Å². The molecule has 0 aliphatic carbocycles. The molecule has 0 radical (unpaired) electrons. The number of hydrogen-bond donors (Lipinski definition) is 3. The summed E-state index contributed by atoms with van der Waals surface area (Å²) in [5.74, 6) is -1.14. The lowest BCUT2D eigenvalue weighted by molar-refractivity contribution is -0.127. The zero-order valence-electron chi connectivity index (χ0n) is 12.3. The molecule has 4 N–H and O–H groups in total. The second-order valence-corrected chi connectivity index (χ2v) is 5.20. The number of rotatable bonds is 7. The van der Waals surface area contributed by atoms with Crippen LogP contribution in [0.1, 0.15) is 30.6 Å². The predicted molar refractivity (Wildman–Crippen MR) is 79.4 cm³/mol. The SMILES string of the molecule is CC(C)CC(NC(=O)CNC(=O)c1ccccc1)C(N)=O. The maximum absolute atomic E-state index is 11.8. The first kappa shape index (κ1) is 16.7. The molecular weight excluding hydrogens is 270 g/mol. The van der Waals surface area contributed by atoms with E-state index in [0.29, 0.717) is 12.0 Å². The number of primary amides is 1. The highest BCUT2D eigenvalue weighted by molar-refractivity contribution is 5.97. The average molecular weight is 291 g/mol. The van der Waals surface area contributed by atoms with Crippen LogP contribution < -0.4 is 16.4 Å². The molecule has 6 heteroatoms. The molecule has 6 nitrogen and oxygen atoms in total. The van der Waals surface area contributed by atoms with E-state index >= 15 is 0 Å². The summed E-state index contributed by atoms with van der Waals surface area (Å²) in [5, 5.41) is 5.02. The number of nitrogens with one attached hydrogen (secondary N) is 2. The first-order valence-electron chi connectivity index (χ1n) is 6.82. The number of nitrogens with two attached hydrogens (primary N) is 1. The van der Waals surface area contributed by atoms with Crippen LogP contribution in [-0.4, -0.2) is 30.3 Å². The fourth-order valence-corrected chi connectivity index (χ4v) is 1.82. The summed E-state index contributed by atoms with van der Waals surface area (Å²) < 4.78 is 0. The third kappa shape index (κ3) is 6.07. The molecule has 21 heavy (non-hydrogen) atoms. The highest BCUT2D eigenvalue weighted by Gasteiger charge is 2.19. The summed E-state index contributed by atoms with van der Waals surface area (Å²) in [6.07, 6.45) is 0.466. The van der Waals surface area contributed by atoms with Gasteiger partial charge in [-0.15, -0.1) is 0 Å². The number of amides is 3. The van der Waals surface area contributed by atoms with Crippen molar-refractivity contribution in [3.63, 3.8) is 0 Å². The van der Waals surface area contributed by atoms with Gasteiger partial charge in [0.1, 0.15) is 6.04 Å². The van der Waals surface area contributed by atoms with Gasteiger partial charge in [-0.05, 0) is 24.5 Å². The predicted octanol–water partition coefficient (Wildman–Crippen LogP) is 0.433. The minimum atomic E-state index is -0.717. The smallest absolute Gasteiger partial charge is 0.251 e. The molecule has 3 amide bonds. The first-order chi connectivity index (χ1) is 9.90. The molecule has 0 bridgehead atoms. The zero-order valence-corrected chi connectivity index (χ0v) is 12.3. The lowest BCUT2D eigenvalue weighted by Gasteiger charge is -2.17. The minimum absolute atomic E-state index is 0.199. The van der Waals surface area contributed by atoms with Gasteiger partial charge in [0, 0.05) is 5.56 Å². The zero-order chi connectivity index (χ0) is 15.8.